The third kappa shape index (κ3) is 3.73. The average Bonchev–Trinajstić information content (AvgIpc) is 2.42. The number of benzene rings is 1. The van der Waals surface area contributed by atoms with Crippen molar-refractivity contribution < 1.29 is 4.74 Å². The van der Waals surface area contributed by atoms with E-state index in [-0.39, 0.29) is 0 Å². The fraction of sp³-hybridized carbons (Fsp3) is 0.647. The van der Waals surface area contributed by atoms with Crippen molar-refractivity contribution in [2.45, 2.75) is 52.6 Å². The Morgan fingerprint density at radius 2 is 2.00 bits per heavy atom. The van der Waals surface area contributed by atoms with Crippen molar-refractivity contribution in [1.29, 1.82) is 0 Å². The van der Waals surface area contributed by atoms with Crippen LogP contribution in [0.5, 0.6) is 5.75 Å². The van der Waals surface area contributed by atoms with Crippen molar-refractivity contribution in [2.75, 3.05) is 6.61 Å². The first kappa shape index (κ1) is 14.4. The van der Waals surface area contributed by atoms with Crippen molar-refractivity contribution in [3.05, 3.63) is 29.8 Å². The summed E-state index contributed by atoms with van der Waals surface area (Å²) in [6.45, 7) is 8.45. The lowest BCUT2D eigenvalue weighted by Crippen LogP contribution is -2.40. The quantitative estimate of drug-likeness (QED) is 0.865. The van der Waals surface area contributed by atoms with Crippen molar-refractivity contribution in [2.24, 2.45) is 11.8 Å². The molecule has 0 heterocycles. The normalized spacial score (nSPS) is 27.2. The second kappa shape index (κ2) is 6.95. The first-order valence-electron chi connectivity index (χ1n) is 7.66. The number of rotatable bonds is 5. The van der Waals surface area contributed by atoms with Gasteiger partial charge in [0.05, 0.1) is 6.61 Å². The smallest absolute Gasteiger partial charge is 0.123 e. The molecule has 0 amide bonds. The van der Waals surface area contributed by atoms with E-state index in [1.54, 1.807) is 0 Å². The van der Waals surface area contributed by atoms with Gasteiger partial charge in [0.15, 0.2) is 0 Å². The molecule has 19 heavy (non-hydrogen) atoms. The van der Waals surface area contributed by atoms with Gasteiger partial charge < -0.3 is 10.1 Å². The van der Waals surface area contributed by atoms with Crippen molar-refractivity contribution in [3.8, 4) is 5.75 Å². The van der Waals surface area contributed by atoms with E-state index in [1.807, 2.05) is 13.0 Å². The van der Waals surface area contributed by atoms with E-state index in [4.69, 9.17) is 4.74 Å². The van der Waals surface area contributed by atoms with E-state index in [0.29, 0.717) is 6.04 Å². The summed E-state index contributed by atoms with van der Waals surface area (Å²) in [5.41, 5.74) is 1.27. The molecule has 2 heteroatoms. The van der Waals surface area contributed by atoms with Crippen LogP contribution in [0.2, 0.25) is 0 Å². The Morgan fingerprint density at radius 3 is 2.79 bits per heavy atom. The van der Waals surface area contributed by atoms with Crippen LogP contribution >= 0.6 is 0 Å². The Balaban J connectivity index is 1.94. The molecule has 106 valence electrons. The fourth-order valence-electron chi connectivity index (χ4n) is 3.06. The molecule has 0 radical (unpaired) electrons. The average molecular weight is 261 g/mol. The maximum Gasteiger partial charge on any atom is 0.123 e. The van der Waals surface area contributed by atoms with Gasteiger partial charge in [-0.3, -0.25) is 0 Å². The third-order valence-corrected chi connectivity index (χ3v) is 4.53. The molecule has 0 saturated heterocycles. The molecule has 1 aliphatic rings. The highest BCUT2D eigenvalue weighted by Gasteiger charge is 2.26. The topological polar surface area (TPSA) is 21.3 Å². The van der Waals surface area contributed by atoms with Gasteiger partial charge >= 0.3 is 0 Å². The molecule has 1 aliphatic carbocycles. The zero-order valence-corrected chi connectivity index (χ0v) is 12.5. The lowest BCUT2D eigenvalue weighted by molar-refractivity contribution is 0.205. The molecule has 2 nitrogen and oxygen atoms in total. The van der Waals surface area contributed by atoms with Gasteiger partial charge in [0, 0.05) is 18.2 Å². The van der Waals surface area contributed by atoms with Crippen LogP contribution in [0, 0.1) is 11.8 Å². The van der Waals surface area contributed by atoms with E-state index >= 15 is 0 Å². The lowest BCUT2D eigenvalue weighted by Gasteiger charge is -2.35. The van der Waals surface area contributed by atoms with E-state index in [0.717, 1.165) is 30.7 Å². The van der Waals surface area contributed by atoms with E-state index < -0.39 is 0 Å². The minimum absolute atomic E-state index is 0.651. The summed E-state index contributed by atoms with van der Waals surface area (Å²) in [7, 11) is 0. The summed E-state index contributed by atoms with van der Waals surface area (Å²) < 4.78 is 5.68. The molecule has 0 aliphatic heterocycles. The monoisotopic (exact) mass is 261 g/mol. The minimum atomic E-state index is 0.651. The Bertz CT molecular complexity index is 391. The molecule has 1 aromatic rings. The van der Waals surface area contributed by atoms with Crippen LogP contribution in [-0.4, -0.2) is 12.6 Å². The maximum atomic E-state index is 5.68. The van der Waals surface area contributed by atoms with Crippen LogP contribution in [0.4, 0.5) is 0 Å². The van der Waals surface area contributed by atoms with Crippen LogP contribution in [0.3, 0.4) is 0 Å². The summed E-state index contributed by atoms with van der Waals surface area (Å²) in [5, 5.41) is 3.74. The largest absolute Gasteiger partial charge is 0.494 e. The van der Waals surface area contributed by atoms with Gasteiger partial charge in [-0.2, -0.15) is 0 Å². The highest BCUT2D eigenvalue weighted by atomic mass is 16.5. The van der Waals surface area contributed by atoms with E-state index in [1.165, 1.54) is 24.8 Å². The zero-order valence-electron chi connectivity index (χ0n) is 12.5. The second-order valence-corrected chi connectivity index (χ2v) is 5.80. The van der Waals surface area contributed by atoms with Gasteiger partial charge in [-0.25, -0.2) is 0 Å². The molecule has 3 atom stereocenters. The molecular weight excluding hydrogens is 234 g/mol. The first-order chi connectivity index (χ1) is 9.22. The number of hydrogen-bond donors (Lipinski definition) is 1. The van der Waals surface area contributed by atoms with Crippen LogP contribution in [0.15, 0.2) is 24.3 Å². The number of ether oxygens (including phenoxy) is 1. The molecule has 1 fully saturated rings. The van der Waals surface area contributed by atoms with Gasteiger partial charge in [0.25, 0.3) is 0 Å². The second-order valence-electron chi connectivity index (χ2n) is 5.80. The van der Waals surface area contributed by atoms with Crippen LogP contribution in [0.1, 0.15) is 45.6 Å². The highest BCUT2D eigenvalue weighted by Crippen LogP contribution is 2.30. The van der Waals surface area contributed by atoms with Gasteiger partial charge in [-0.05, 0) is 31.2 Å². The summed E-state index contributed by atoms with van der Waals surface area (Å²) in [5.74, 6) is 2.63. The molecule has 0 spiro atoms. The van der Waals surface area contributed by atoms with Crippen LogP contribution < -0.4 is 10.1 Å². The van der Waals surface area contributed by atoms with Crippen LogP contribution in [0.25, 0.3) is 0 Å². The molecule has 1 aromatic carbocycles. The molecule has 1 saturated carbocycles. The van der Waals surface area contributed by atoms with Gasteiger partial charge in [-0.15, -0.1) is 0 Å². The van der Waals surface area contributed by atoms with Crippen molar-refractivity contribution in [3.63, 3.8) is 0 Å². The molecule has 1 N–H and O–H groups in total. The minimum Gasteiger partial charge on any atom is -0.494 e. The zero-order chi connectivity index (χ0) is 13.7. The summed E-state index contributed by atoms with van der Waals surface area (Å²) in [6.07, 6.45) is 4.05. The van der Waals surface area contributed by atoms with E-state index in [2.05, 4.69) is 37.4 Å². The first-order valence-corrected chi connectivity index (χ1v) is 7.66. The lowest BCUT2D eigenvalue weighted by atomic mass is 9.78. The maximum absolute atomic E-state index is 5.68. The fourth-order valence-corrected chi connectivity index (χ4v) is 3.06. The third-order valence-electron chi connectivity index (χ3n) is 4.53. The standard InChI is InChI=1S/C17H27NO/c1-4-19-17-11-6-5-9-15(17)12-18-16-10-7-8-13(2)14(16)3/h5-6,9,11,13-14,16,18H,4,7-8,10,12H2,1-3H3. The number of hydrogen-bond acceptors (Lipinski definition) is 2. The molecule has 2 rings (SSSR count). The highest BCUT2D eigenvalue weighted by molar-refractivity contribution is 5.33. The van der Waals surface area contributed by atoms with Gasteiger partial charge in [0.2, 0.25) is 0 Å². The Hall–Kier alpha value is -1.02. The van der Waals surface area contributed by atoms with Gasteiger partial charge in [-0.1, -0.05) is 44.9 Å². The summed E-state index contributed by atoms with van der Waals surface area (Å²) in [6, 6.07) is 9.01. The molecule has 0 bridgehead atoms. The Morgan fingerprint density at radius 1 is 1.21 bits per heavy atom. The van der Waals surface area contributed by atoms with Crippen molar-refractivity contribution in [1.82, 2.24) is 5.32 Å². The molecular formula is C17H27NO. The van der Waals surface area contributed by atoms with E-state index in [9.17, 15) is 0 Å². The van der Waals surface area contributed by atoms with Crippen LogP contribution in [-0.2, 0) is 6.54 Å². The molecule has 0 aromatic heterocycles. The summed E-state index contributed by atoms with van der Waals surface area (Å²) in [4.78, 5) is 0. The summed E-state index contributed by atoms with van der Waals surface area (Å²) >= 11 is 0. The van der Waals surface area contributed by atoms with Crippen molar-refractivity contribution >= 4 is 0 Å². The number of para-hydroxylation sites is 1. The van der Waals surface area contributed by atoms with Gasteiger partial charge in [0.1, 0.15) is 5.75 Å². The Labute approximate surface area is 117 Å². The number of nitrogens with one attached hydrogen (secondary N) is 1. The SMILES string of the molecule is CCOc1ccccc1CNC1CCCC(C)C1C. The predicted molar refractivity (Wildman–Crippen MR) is 80.4 cm³/mol. The predicted octanol–water partition coefficient (Wildman–Crippen LogP) is 4.00. The molecule has 3 unspecified atom stereocenters. The Kier molecular flexibility index (Phi) is 5.26.